The van der Waals surface area contributed by atoms with Crippen molar-refractivity contribution in [3.05, 3.63) is 58.7 Å². The van der Waals surface area contributed by atoms with Gasteiger partial charge < -0.3 is 19.5 Å². The summed E-state index contributed by atoms with van der Waals surface area (Å²) in [5, 5.41) is 3.50. The molecule has 29 heavy (non-hydrogen) atoms. The molecule has 6 heteroatoms. The average Bonchev–Trinajstić information content (AvgIpc) is 2.95. The molecule has 1 N–H and O–H groups in total. The largest absolute Gasteiger partial charge is 0.493 e. The van der Waals surface area contributed by atoms with E-state index in [9.17, 15) is 4.79 Å². The number of rotatable bonds is 7. The quantitative estimate of drug-likeness (QED) is 0.533. The van der Waals surface area contributed by atoms with Crippen LogP contribution in [0.25, 0.3) is 0 Å². The summed E-state index contributed by atoms with van der Waals surface area (Å²) < 4.78 is 16.8. The number of hydrogen-bond donors (Lipinski definition) is 1. The first-order chi connectivity index (χ1) is 13.7. The topological polar surface area (TPSA) is 56.8 Å². The van der Waals surface area contributed by atoms with Crippen LogP contribution in [0.3, 0.4) is 0 Å². The maximum Gasteiger partial charge on any atom is 0.342 e. The molecule has 3 rings (SSSR count). The second-order valence-corrected chi connectivity index (χ2v) is 6.96. The van der Waals surface area contributed by atoms with Crippen molar-refractivity contribution in [1.82, 2.24) is 5.32 Å². The summed E-state index contributed by atoms with van der Waals surface area (Å²) in [4.78, 5) is 13.0. The van der Waals surface area contributed by atoms with Gasteiger partial charge in [-0.1, -0.05) is 43.7 Å². The number of carbonyl (C=O) groups excluding carboxylic acids is 1. The lowest BCUT2D eigenvalue weighted by Crippen LogP contribution is -2.20. The molecule has 1 heterocycles. The van der Waals surface area contributed by atoms with Crippen LogP contribution in [0.5, 0.6) is 11.5 Å². The number of halogens is 1. The van der Waals surface area contributed by atoms with Crippen LogP contribution in [0.1, 0.15) is 52.7 Å². The molecule has 1 unspecified atom stereocenters. The SMILES string of the molecule is CCCCOC(=O)c1c2c(cc(OC)c1OC)C(c1ccccc1)CNCC2.Cl. The van der Waals surface area contributed by atoms with E-state index in [1.54, 1.807) is 14.2 Å². The number of methoxy groups -OCH3 is 2. The Balaban J connectivity index is 0.00000300. The number of carbonyl (C=O) groups is 1. The Hall–Kier alpha value is -2.24. The zero-order valence-electron chi connectivity index (χ0n) is 17.3. The lowest BCUT2D eigenvalue weighted by Gasteiger charge is -2.23. The third kappa shape index (κ3) is 5.03. The van der Waals surface area contributed by atoms with Gasteiger partial charge in [-0.05, 0) is 42.1 Å². The van der Waals surface area contributed by atoms with Crippen molar-refractivity contribution in [2.45, 2.75) is 32.1 Å². The molecule has 1 aliphatic heterocycles. The second-order valence-electron chi connectivity index (χ2n) is 6.96. The van der Waals surface area contributed by atoms with E-state index in [0.29, 0.717) is 23.7 Å². The van der Waals surface area contributed by atoms with Gasteiger partial charge in [0.25, 0.3) is 0 Å². The van der Waals surface area contributed by atoms with E-state index in [0.717, 1.165) is 43.5 Å². The highest BCUT2D eigenvalue weighted by atomic mass is 35.5. The zero-order valence-corrected chi connectivity index (χ0v) is 18.1. The van der Waals surface area contributed by atoms with Gasteiger partial charge in [0.15, 0.2) is 11.5 Å². The monoisotopic (exact) mass is 419 g/mol. The molecule has 0 bridgehead atoms. The van der Waals surface area contributed by atoms with Crippen LogP contribution in [0.15, 0.2) is 36.4 Å². The lowest BCUT2D eigenvalue weighted by atomic mass is 9.85. The van der Waals surface area contributed by atoms with Gasteiger partial charge in [-0.15, -0.1) is 12.4 Å². The van der Waals surface area contributed by atoms with Crippen molar-refractivity contribution in [2.24, 2.45) is 0 Å². The van der Waals surface area contributed by atoms with E-state index in [1.807, 2.05) is 24.3 Å². The third-order valence-electron chi connectivity index (χ3n) is 5.22. The summed E-state index contributed by atoms with van der Waals surface area (Å²) in [7, 11) is 3.17. The minimum Gasteiger partial charge on any atom is -0.493 e. The van der Waals surface area contributed by atoms with E-state index >= 15 is 0 Å². The third-order valence-corrected chi connectivity index (χ3v) is 5.22. The molecule has 2 aromatic carbocycles. The van der Waals surface area contributed by atoms with Crippen molar-refractivity contribution in [3.8, 4) is 11.5 Å². The van der Waals surface area contributed by atoms with Crippen LogP contribution in [0.4, 0.5) is 0 Å². The number of unbranched alkanes of at least 4 members (excludes halogenated alkanes) is 1. The molecule has 2 aromatic rings. The van der Waals surface area contributed by atoms with Crippen LogP contribution in [-0.2, 0) is 11.2 Å². The van der Waals surface area contributed by atoms with E-state index in [1.165, 1.54) is 5.56 Å². The Kier molecular flexibility index (Phi) is 8.80. The molecule has 0 saturated carbocycles. The van der Waals surface area contributed by atoms with Gasteiger partial charge in [0, 0.05) is 12.5 Å². The first-order valence-electron chi connectivity index (χ1n) is 9.91. The van der Waals surface area contributed by atoms with Gasteiger partial charge in [0.1, 0.15) is 5.56 Å². The summed E-state index contributed by atoms with van der Waals surface area (Å²) in [5.41, 5.74) is 3.78. The van der Waals surface area contributed by atoms with Gasteiger partial charge in [0.2, 0.25) is 0 Å². The fourth-order valence-corrected chi connectivity index (χ4v) is 3.78. The summed E-state index contributed by atoms with van der Waals surface area (Å²) in [5.74, 6) is 0.804. The Bertz CT molecular complexity index is 810. The number of fused-ring (bicyclic) bond motifs is 1. The Morgan fingerprint density at radius 2 is 1.93 bits per heavy atom. The van der Waals surface area contributed by atoms with Gasteiger partial charge in [-0.25, -0.2) is 4.79 Å². The predicted octanol–water partition coefficient (Wildman–Crippen LogP) is 4.36. The maximum atomic E-state index is 13.0. The van der Waals surface area contributed by atoms with Crippen LogP contribution in [-0.4, -0.2) is 39.9 Å². The number of nitrogens with one attached hydrogen (secondary N) is 1. The lowest BCUT2D eigenvalue weighted by molar-refractivity contribution is 0.0494. The molecule has 0 saturated heterocycles. The standard InChI is InChI=1S/C23H29NO4.ClH/c1-4-5-13-28-23(25)21-17-11-12-24-15-19(16-9-7-6-8-10-16)18(17)14-20(26-2)22(21)27-3;/h6-10,14,19,24H,4-5,11-13,15H2,1-3H3;1H. The molecule has 5 nitrogen and oxygen atoms in total. The van der Waals surface area contributed by atoms with Crippen molar-refractivity contribution in [2.75, 3.05) is 33.9 Å². The van der Waals surface area contributed by atoms with Gasteiger partial charge >= 0.3 is 5.97 Å². The Morgan fingerprint density at radius 3 is 2.59 bits per heavy atom. The zero-order chi connectivity index (χ0) is 19.9. The number of benzene rings is 2. The first-order valence-corrected chi connectivity index (χ1v) is 9.91. The van der Waals surface area contributed by atoms with Crippen molar-refractivity contribution in [1.29, 1.82) is 0 Å². The van der Waals surface area contributed by atoms with Gasteiger partial charge in [0.05, 0.1) is 20.8 Å². The number of ether oxygens (including phenoxy) is 3. The van der Waals surface area contributed by atoms with E-state index in [4.69, 9.17) is 14.2 Å². The summed E-state index contributed by atoms with van der Waals surface area (Å²) in [6, 6.07) is 12.4. The summed E-state index contributed by atoms with van der Waals surface area (Å²) >= 11 is 0. The Morgan fingerprint density at radius 1 is 1.17 bits per heavy atom. The molecule has 158 valence electrons. The molecular weight excluding hydrogens is 390 g/mol. The summed E-state index contributed by atoms with van der Waals surface area (Å²) in [6.07, 6.45) is 2.55. The number of hydrogen-bond acceptors (Lipinski definition) is 5. The minimum absolute atomic E-state index is 0. The van der Waals surface area contributed by atoms with Crippen molar-refractivity contribution < 1.29 is 19.0 Å². The van der Waals surface area contributed by atoms with Gasteiger partial charge in [-0.3, -0.25) is 0 Å². The second kappa shape index (κ2) is 11.1. The fraction of sp³-hybridized carbons (Fsp3) is 0.435. The predicted molar refractivity (Wildman–Crippen MR) is 117 cm³/mol. The first kappa shape index (κ1) is 23.0. The molecule has 0 aliphatic carbocycles. The van der Waals surface area contributed by atoms with E-state index in [2.05, 4.69) is 24.4 Å². The van der Waals surface area contributed by atoms with Crippen LogP contribution < -0.4 is 14.8 Å². The molecule has 0 fully saturated rings. The van der Waals surface area contributed by atoms with Crippen LogP contribution >= 0.6 is 12.4 Å². The van der Waals surface area contributed by atoms with E-state index < -0.39 is 0 Å². The molecule has 0 spiro atoms. The number of esters is 1. The normalized spacial score (nSPS) is 15.5. The highest BCUT2D eigenvalue weighted by molar-refractivity contribution is 5.96. The molecule has 0 aromatic heterocycles. The van der Waals surface area contributed by atoms with Crippen LogP contribution in [0.2, 0.25) is 0 Å². The average molecular weight is 420 g/mol. The fourth-order valence-electron chi connectivity index (χ4n) is 3.78. The Labute approximate surface area is 179 Å². The highest BCUT2D eigenvalue weighted by Gasteiger charge is 2.30. The molecule has 0 radical (unpaired) electrons. The van der Waals surface area contributed by atoms with E-state index in [-0.39, 0.29) is 24.3 Å². The maximum absolute atomic E-state index is 13.0. The van der Waals surface area contributed by atoms with Crippen molar-refractivity contribution >= 4 is 18.4 Å². The highest BCUT2D eigenvalue weighted by Crippen LogP contribution is 2.41. The molecule has 1 atom stereocenters. The molecule has 1 aliphatic rings. The van der Waals surface area contributed by atoms with Crippen molar-refractivity contribution in [3.63, 3.8) is 0 Å². The van der Waals surface area contributed by atoms with Gasteiger partial charge in [-0.2, -0.15) is 0 Å². The minimum atomic E-state index is -0.339. The summed E-state index contributed by atoms with van der Waals surface area (Å²) in [6.45, 7) is 4.07. The molecule has 0 amide bonds. The van der Waals surface area contributed by atoms with Crippen LogP contribution in [0, 0.1) is 0 Å². The smallest absolute Gasteiger partial charge is 0.342 e. The molecular formula is C23H30ClNO4.